The minimum Gasteiger partial charge on any atom is -0.325 e. The predicted octanol–water partition coefficient (Wildman–Crippen LogP) is 1.70. The molecule has 1 atom stereocenters. The van der Waals surface area contributed by atoms with Crippen LogP contribution >= 0.6 is 0 Å². The molecule has 1 aliphatic heterocycles. The maximum atomic E-state index is 4.63. The van der Waals surface area contributed by atoms with Crippen molar-refractivity contribution >= 4 is 11.0 Å². The van der Waals surface area contributed by atoms with Crippen molar-refractivity contribution in [2.24, 2.45) is 0 Å². The number of rotatable bonds is 0. The smallest absolute Gasteiger partial charge is 0.126 e. The third-order valence-electron chi connectivity index (χ3n) is 2.86. The Bertz CT molecular complexity index is 472. The van der Waals surface area contributed by atoms with Crippen molar-refractivity contribution in [3.63, 3.8) is 0 Å². The van der Waals surface area contributed by atoms with E-state index < -0.39 is 0 Å². The van der Waals surface area contributed by atoms with E-state index in [1.165, 1.54) is 5.52 Å². The van der Waals surface area contributed by atoms with Gasteiger partial charge in [0.25, 0.3) is 0 Å². The number of hydrogen-bond acceptors (Lipinski definition) is 2. The van der Waals surface area contributed by atoms with Crippen molar-refractivity contribution in [3.8, 4) is 0 Å². The summed E-state index contributed by atoms with van der Waals surface area (Å²) < 4.78 is 2.32. The highest BCUT2D eigenvalue weighted by Gasteiger charge is 2.19. The Morgan fingerprint density at radius 3 is 3.21 bits per heavy atom. The first-order chi connectivity index (χ1) is 6.86. The Balaban J connectivity index is 2.32. The van der Waals surface area contributed by atoms with Crippen LogP contribution in [0.15, 0.2) is 24.3 Å². The van der Waals surface area contributed by atoms with Gasteiger partial charge in [0.15, 0.2) is 0 Å². The van der Waals surface area contributed by atoms with Gasteiger partial charge in [0.1, 0.15) is 5.82 Å². The summed E-state index contributed by atoms with van der Waals surface area (Å²) in [5, 5.41) is 3.42. The zero-order valence-corrected chi connectivity index (χ0v) is 8.20. The van der Waals surface area contributed by atoms with E-state index in [2.05, 4.69) is 40.0 Å². The Kier molecular flexibility index (Phi) is 1.61. The van der Waals surface area contributed by atoms with Gasteiger partial charge in [0.05, 0.1) is 17.1 Å². The van der Waals surface area contributed by atoms with Crippen LogP contribution in [0.25, 0.3) is 11.0 Å². The maximum Gasteiger partial charge on any atom is 0.126 e. The highest BCUT2D eigenvalue weighted by atomic mass is 15.2. The highest BCUT2D eigenvalue weighted by molar-refractivity contribution is 5.76. The molecule has 1 aliphatic rings. The number of fused-ring (bicyclic) bond motifs is 3. The van der Waals surface area contributed by atoms with Crippen LogP contribution < -0.4 is 5.32 Å². The Morgan fingerprint density at radius 2 is 2.29 bits per heavy atom. The fourth-order valence-corrected chi connectivity index (χ4v) is 2.14. The predicted molar refractivity (Wildman–Crippen MR) is 56.2 cm³/mol. The summed E-state index contributed by atoms with van der Waals surface area (Å²) in [6, 6.07) is 8.71. The van der Waals surface area contributed by atoms with Crippen molar-refractivity contribution in [1.29, 1.82) is 0 Å². The molecule has 0 fully saturated rings. The van der Waals surface area contributed by atoms with Crippen LogP contribution in [0.2, 0.25) is 0 Å². The quantitative estimate of drug-likeness (QED) is 0.680. The van der Waals surface area contributed by atoms with Gasteiger partial charge in [0.2, 0.25) is 0 Å². The third-order valence-corrected chi connectivity index (χ3v) is 2.86. The van der Waals surface area contributed by atoms with Crippen molar-refractivity contribution in [3.05, 3.63) is 30.1 Å². The van der Waals surface area contributed by atoms with Gasteiger partial charge in [-0.2, -0.15) is 0 Å². The first-order valence-corrected chi connectivity index (χ1v) is 5.05. The van der Waals surface area contributed by atoms with Crippen molar-refractivity contribution in [2.75, 3.05) is 6.54 Å². The standard InChI is InChI=1S/C11H13N3/c1-8-11-13-9-4-2-3-5-10(9)14(11)7-6-12-8/h2-5,8,12H,6-7H2,1H3. The van der Waals surface area contributed by atoms with Crippen molar-refractivity contribution in [1.82, 2.24) is 14.9 Å². The van der Waals surface area contributed by atoms with Gasteiger partial charge in [0, 0.05) is 13.1 Å². The lowest BCUT2D eigenvalue weighted by Crippen LogP contribution is -2.31. The van der Waals surface area contributed by atoms with Crippen LogP contribution in [0.5, 0.6) is 0 Å². The summed E-state index contributed by atoms with van der Waals surface area (Å²) in [4.78, 5) is 4.63. The number of benzene rings is 1. The molecule has 2 aromatic rings. The summed E-state index contributed by atoms with van der Waals surface area (Å²) in [5.41, 5.74) is 2.37. The number of aromatic nitrogens is 2. The van der Waals surface area contributed by atoms with E-state index >= 15 is 0 Å². The van der Waals surface area contributed by atoms with Crippen LogP contribution in [0, 0.1) is 0 Å². The first kappa shape index (κ1) is 8.00. The van der Waals surface area contributed by atoms with Gasteiger partial charge >= 0.3 is 0 Å². The molecule has 1 unspecified atom stereocenters. The summed E-state index contributed by atoms with van der Waals surface area (Å²) in [6.07, 6.45) is 0. The van der Waals surface area contributed by atoms with Gasteiger partial charge in [-0.25, -0.2) is 4.98 Å². The molecule has 0 saturated carbocycles. The zero-order chi connectivity index (χ0) is 9.54. The number of imidazole rings is 1. The molecule has 2 heterocycles. The molecule has 0 spiro atoms. The van der Waals surface area contributed by atoms with Crippen LogP contribution in [0.3, 0.4) is 0 Å². The average molecular weight is 187 g/mol. The lowest BCUT2D eigenvalue weighted by atomic mass is 10.2. The average Bonchev–Trinajstić information content (AvgIpc) is 2.59. The summed E-state index contributed by atoms with van der Waals surface area (Å²) in [6.45, 7) is 4.23. The van der Waals surface area contributed by atoms with E-state index in [4.69, 9.17) is 0 Å². The van der Waals surface area contributed by atoms with Crippen molar-refractivity contribution in [2.45, 2.75) is 19.5 Å². The lowest BCUT2D eigenvalue weighted by Gasteiger charge is -2.21. The van der Waals surface area contributed by atoms with Crippen LogP contribution in [0.4, 0.5) is 0 Å². The van der Waals surface area contributed by atoms with Gasteiger partial charge in [-0.1, -0.05) is 12.1 Å². The molecule has 0 saturated heterocycles. The molecule has 0 amide bonds. The van der Waals surface area contributed by atoms with Crippen LogP contribution in [-0.2, 0) is 6.54 Å². The summed E-state index contributed by atoms with van der Waals surface area (Å²) >= 11 is 0. The fourth-order valence-electron chi connectivity index (χ4n) is 2.14. The lowest BCUT2D eigenvalue weighted by molar-refractivity contribution is 0.443. The Morgan fingerprint density at radius 1 is 1.43 bits per heavy atom. The second-order valence-electron chi connectivity index (χ2n) is 3.79. The molecular weight excluding hydrogens is 174 g/mol. The number of nitrogens with zero attached hydrogens (tertiary/aromatic N) is 2. The fraction of sp³-hybridized carbons (Fsp3) is 0.364. The molecule has 3 nitrogen and oxygen atoms in total. The maximum absolute atomic E-state index is 4.63. The van der Waals surface area contributed by atoms with Gasteiger partial charge in [-0.15, -0.1) is 0 Å². The molecule has 72 valence electrons. The number of nitrogens with one attached hydrogen (secondary N) is 1. The van der Waals surface area contributed by atoms with E-state index in [1.54, 1.807) is 0 Å². The van der Waals surface area contributed by atoms with Gasteiger partial charge < -0.3 is 9.88 Å². The minimum absolute atomic E-state index is 0.371. The number of para-hydroxylation sites is 2. The SMILES string of the molecule is CC1NCCn2c1nc1ccccc12. The first-order valence-electron chi connectivity index (χ1n) is 5.05. The van der Waals surface area contributed by atoms with Crippen LogP contribution in [0.1, 0.15) is 18.8 Å². The second kappa shape index (κ2) is 2.82. The zero-order valence-electron chi connectivity index (χ0n) is 8.20. The van der Waals surface area contributed by atoms with Gasteiger partial charge in [-0.3, -0.25) is 0 Å². The van der Waals surface area contributed by atoms with E-state index in [0.29, 0.717) is 6.04 Å². The highest BCUT2D eigenvalue weighted by Crippen LogP contribution is 2.22. The molecular formula is C11H13N3. The molecule has 0 bridgehead atoms. The minimum atomic E-state index is 0.371. The monoisotopic (exact) mass is 187 g/mol. The molecule has 1 N–H and O–H groups in total. The molecule has 3 rings (SSSR count). The Labute approximate surface area is 82.8 Å². The normalized spacial score (nSPS) is 21.1. The van der Waals surface area contributed by atoms with Crippen LogP contribution in [-0.4, -0.2) is 16.1 Å². The van der Waals surface area contributed by atoms with Crippen molar-refractivity contribution < 1.29 is 0 Å². The molecule has 14 heavy (non-hydrogen) atoms. The topological polar surface area (TPSA) is 29.9 Å². The third kappa shape index (κ3) is 0.990. The van der Waals surface area contributed by atoms with E-state index in [1.807, 2.05) is 6.07 Å². The molecule has 3 heteroatoms. The summed E-state index contributed by atoms with van der Waals surface area (Å²) in [7, 11) is 0. The molecule has 0 radical (unpaired) electrons. The van der Waals surface area contributed by atoms with E-state index in [0.717, 1.165) is 24.4 Å². The van der Waals surface area contributed by atoms with Gasteiger partial charge in [-0.05, 0) is 19.1 Å². The molecule has 1 aromatic heterocycles. The Hall–Kier alpha value is -1.35. The summed E-state index contributed by atoms with van der Waals surface area (Å²) in [5.74, 6) is 1.16. The largest absolute Gasteiger partial charge is 0.325 e. The van der Waals surface area contributed by atoms with E-state index in [9.17, 15) is 0 Å². The second-order valence-corrected chi connectivity index (χ2v) is 3.79. The van der Waals surface area contributed by atoms with E-state index in [-0.39, 0.29) is 0 Å². The molecule has 1 aromatic carbocycles. The number of hydrogen-bond donors (Lipinski definition) is 1. The molecule has 0 aliphatic carbocycles.